The summed E-state index contributed by atoms with van der Waals surface area (Å²) in [4.78, 5) is 1.22. The first-order valence-corrected chi connectivity index (χ1v) is 7.36. The Morgan fingerprint density at radius 2 is 2.16 bits per heavy atom. The summed E-state index contributed by atoms with van der Waals surface area (Å²) < 4.78 is 5.36. The number of rotatable bonds is 6. The minimum absolute atomic E-state index is 0.498. The monoisotopic (exact) mass is 277 g/mol. The van der Waals surface area contributed by atoms with E-state index in [2.05, 4.69) is 53.6 Å². The van der Waals surface area contributed by atoms with Gasteiger partial charge in [0.25, 0.3) is 0 Å². The van der Waals surface area contributed by atoms with Gasteiger partial charge in [-0.05, 0) is 17.7 Å². The molecule has 2 aromatic rings. The number of nitrogens with zero attached hydrogens (tertiary/aromatic N) is 2. The molecule has 0 bridgehead atoms. The quantitative estimate of drug-likeness (QED) is 0.822. The van der Waals surface area contributed by atoms with E-state index in [0.29, 0.717) is 23.6 Å². The summed E-state index contributed by atoms with van der Waals surface area (Å²) in [5.74, 6) is 2.00. The topological polar surface area (TPSA) is 51.0 Å². The van der Waals surface area contributed by atoms with Crippen molar-refractivity contribution in [2.45, 2.75) is 44.0 Å². The maximum absolute atomic E-state index is 5.36. The molecule has 0 saturated carbocycles. The van der Waals surface area contributed by atoms with Crippen LogP contribution < -0.4 is 5.32 Å². The van der Waals surface area contributed by atoms with Crippen molar-refractivity contribution in [3.63, 3.8) is 0 Å². The fourth-order valence-corrected chi connectivity index (χ4v) is 2.42. The molecular formula is C14H19N3OS. The third-order valence-corrected chi connectivity index (χ3v) is 3.52. The molecule has 19 heavy (non-hydrogen) atoms. The van der Waals surface area contributed by atoms with Gasteiger partial charge >= 0.3 is 0 Å². The van der Waals surface area contributed by atoms with Gasteiger partial charge in [0.05, 0.1) is 5.75 Å². The summed E-state index contributed by atoms with van der Waals surface area (Å²) in [6.07, 6.45) is 0. The summed E-state index contributed by atoms with van der Waals surface area (Å²) in [6, 6.07) is 9.02. The van der Waals surface area contributed by atoms with Crippen LogP contribution in [0.25, 0.3) is 0 Å². The summed E-state index contributed by atoms with van der Waals surface area (Å²) >= 11 is 1.71. The smallest absolute Gasteiger partial charge is 0.226 e. The molecule has 1 aromatic heterocycles. The lowest BCUT2D eigenvalue weighted by molar-refractivity contribution is 0.485. The van der Waals surface area contributed by atoms with Gasteiger partial charge in [0.15, 0.2) is 0 Å². The molecule has 0 spiro atoms. The Bertz CT molecular complexity index is 525. The minimum atomic E-state index is 0.498. The zero-order valence-electron chi connectivity index (χ0n) is 11.5. The second kappa shape index (κ2) is 6.73. The molecule has 1 N–H and O–H groups in total. The van der Waals surface area contributed by atoms with E-state index in [4.69, 9.17) is 4.42 Å². The fraction of sp³-hybridized carbons (Fsp3) is 0.429. The lowest BCUT2D eigenvalue weighted by Crippen LogP contribution is -2.21. The van der Waals surface area contributed by atoms with E-state index in [1.807, 2.05) is 0 Å². The molecule has 2 rings (SSSR count). The van der Waals surface area contributed by atoms with Crippen LogP contribution in [-0.2, 0) is 12.3 Å². The van der Waals surface area contributed by atoms with Crippen molar-refractivity contribution in [1.82, 2.24) is 15.5 Å². The van der Waals surface area contributed by atoms with Gasteiger partial charge in [-0.2, -0.15) is 0 Å². The first-order chi connectivity index (χ1) is 9.13. The number of nitrogens with one attached hydrogen (secondary N) is 1. The van der Waals surface area contributed by atoms with E-state index in [1.54, 1.807) is 18.7 Å². The number of hydrogen-bond acceptors (Lipinski definition) is 5. The van der Waals surface area contributed by atoms with Crippen molar-refractivity contribution < 1.29 is 4.42 Å². The Balaban J connectivity index is 1.91. The Morgan fingerprint density at radius 1 is 1.32 bits per heavy atom. The summed E-state index contributed by atoms with van der Waals surface area (Å²) in [6.45, 7) is 7.00. The number of hydrogen-bond donors (Lipinski definition) is 1. The maximum atomic E-state index is 5.36. The average Bonchev–Trinajstić information content (AvgIpc) is 2.80. The highest BCUT2D eigenvalue weighted by atomic mass is 32.2. The van der Waals surface area contributed by atoms with Crippen LogP contribution in [0.15, 0.2) is 33.6 Å². The maximum Gasteiger partial charge on any atom is 0.226 e. The number of aryl methyl sites for hydroxylation is 1. The minimum Gasteiger partial charge on any atom is -0.425 e. The summed E-state index contributed by atoms with van der Waals surface area (Å²) in [5.41, 5.74) is 1.29. The van der Waals surface area contributed by atoms with Crippen LogP contribution in [0.1, 0.15) is 31.2 Å². The SMILES string of the molecule is Cc1nnc(CSc2cccc(CNC(C)C)c2)o1. The Kier molecular flexibility index (Phi) is 4.99. The molecule has 0 radical (unpaired) electrons. The zero-order chi connectivity index (χ0) is 13.7. The molecule has 1 aromatic carbocycles. The Labute approximate surface area is 118 Å². The first kappa shape index (κ1) is 14.1. The van der Waals surface area contributed by atoms with Crippen molar-refractivity contribution in [3.8, 4) is 0 Å². The standard InChI is InChI=1S/C14H19N3OS/c1-10(2)15-8-12-5-4-6-13(7-12)19-9-14-17-16-11(3)18-14/h4-7,10,15H,8-9H2,1-3H3. The van der Waals surface area contributed by atoms with Crippen molar-refractivity contribution in [2.75, 3.05) is 0 Å². The van der Waals surface area contributed by atoms with E-state index >= 15 is 0 Å². The van der Waals surface area contributed by atoms with Crippen LogP contribution >= 0.6 is 11.8 Å². The molecule has 0 unspecified atom stereocenters. The van der Waals surface area contributed by atoms with Crippen LogP contribution in [0.4, 0.5) is 0 Å². The van der Waals surface area contributed by atoms with Crippen LogP contribution in [0.3, 0.4) is 0 Å². The molecule has 0 aliphatic carbocycles. The van der Waals surface area contributed by atoms with Crippen LogP contribution in [0.2, 0.25) is 0 Å². The highest BCUT2D eigenvalue weighted by molar-refractivity contribution is 7.98. The Hall–Kier alpha value is -1.33. The van der Waals surface area contributed by atoms with Gasteiger partial charge in [0, 0.05) is 24.4 Å². The van der Waals surface area contributed by atoms with E-state index in [-0.39, 0.29) is 0 Å². The molecule has 102 valence electrons. The predicted octanol–water partition coefficient (Wildman–Crippen LogP) is 3.17. The summed E-state index contributed by atoms with van der Waals surface area (Å²) in [7, 11) is 0. The highest BCUT2D eigenvalue weighted by Crippen LogP contribution is 2.23. The van der Waals surface area contributed by atoms with Gasteiger partial charge in [0.2, 0.25) is 11.8 Å². The summed E-state index contributed by atoms with van der Waals surface area (Å²) in [5, 5.41) is 11.2. The number of aromatic nitrogens is 2. The second-order valence-electron chi connectivity index (χ2n) is 4.69. The first-order valence-electron chi connectivity index (χ1n) is 6.37. The lowest BCUT2D eigenvalue weighted by Gasteiger charge is -2.09. The van der Waals surface area contributed by atoms with Crippen molar-refractivity contribution in [1.29, 1.82) is 0 Å². The van der Waals surface area contributed by atoms with E-state index in [9.17, 15) is 0 Å². The van der Waals surface area contributed by atoms with Crippen LogP contribution in [-0.4, -0.2) is 16.2 Å². The molecule has 0 fully saturated rings. The van der Waals surface area contributed by atoms with Crippen LogP contribution in [0, 0.1) is 6.92 Å². The molecule has 0 amide bonds. The highest BCUT2D eigenvalue weighted by Gasteiger charge is 2.04. The van der Waals surface area contributed by atoms with Gasteiger partial charge in [-0.3, -0.25) is 0 Å². The van der Waals surface area contributed by atoms with Gasteiger partial charge in [0.1, 0.15) is 0 Å². The molecule has 4 nitrogen and oxygen atoms in total. The molecule has 0 aliphatic heterocycles. The second-order valence-corrected chi connectivity index (χ2v) is 5.74. The van der Waals surface area contributed by atoms with E-state index < -0.39 is 0 Å². The normalized spacial score (nSPS) is 11.2. The van der Waals surface area contributed by atoms with Crippen LogP contribution in [0.5, 0.6) is 0 Å². The average molecular weight is 277 g/mol. The molecule has 0 aliphatic rings. The molecule has 0 atom stereocenters. The van der Waals surface area contributed by atoms with Gasteiger partial charge < -0.3 is 9.73 Å². The Morgan fingerprint density at radius 3 is 2.84 bits per heavy atom. The van der Waals surface area contributed by atoms with Crippen molar-refractivity contribution in [3.05, 3.63) is 41.6 Å². The largest absolute Gasteiger partial charge is 0.425 e. The lowest BCUT2D eigenvalue weighted by atomic mass is 10.2. The number of thioether (sulfide) groups is 1. The third kappa shape index (κ3) is 4.69. The van der Waals surface area contributed by atoms with Gasteiger partial charge in [-0.1, -0.05) is 26.0 Å². The fourth-order valence-electron chi connectivity index (χ4n) is 1.61. The molecule has 0 saturated heterocycles. The molecule has 5 heteroatoms. The van der Waals surface area contributed by atoms with Crippen molar-refractivity contribution in [2.24, 2.45) is 0 Å². The zero-order valence-corrected chi connectivity index (χ0v) is 12.3. The molecular weight excluding hydrogens is 258 g/mol. The third-order valence-electron chi connectivity index (χ3n) is 2.54. The van der Waals surface area contributed by atoms with Crippen molar-refractivity contribution >= 4 is 11.8 Å². The predicted molar refractivity (Wildman–Crippen MR) is 77.0 cm³/mol. The van der Waals surface area contributed by atoms with E-state index in [0.717, 1.165) is 6.54 Å². The molecule has 1 heterocycles. The number of benzene rings is 1. The van der Waals surface area contributed by atoms with E-state index in [1.165, 1.54) is 10.5 Å². The van der Waals surface area contributed by atoms with Gasteiger partial charge in [-0.25, -0.2) is 0 Å². The van der Waals surface area contributed by atoms with Gasteiger partial charge in [-0.15, -0.1) is 22.0 Å².